The van der Waals surface area contributed by atoms with E-state index in [0.29, 0.717) is 35.1 Å². The predicted octanol–water partition coefficient (Wildman–Crippen LogP) is 3.76. The lowest BCUT2D eigenvalue weighted by atomic mass is 10.2. The number of thioether (sulfide) groups is 1. The van der Waals surface area contributed by atoms with Gasteiger partial charge in [0.25, 0.3) is 5.91 Å². The molecule has 2 aromatic heterocycles. The van der Waals surface area contributed by atoms with Crippen LogP contribution in [0.4, 0.5) is 16.2 Å². The fraction of sp³-hybridized carbons (Fsp3) is 0.238. The number of aromatic nitrogens is 2. The first kappa shape index (κ1) is 20.0. The van der Waals surface area contributed by atoms with Crippen LogP contribution in [0.5, 0.6) is 0 Å². The average molecular weight is 423 g/mol. The second-order valence-electron chi connectivity index (χ2n) is 6.83. The van der Waals surface area contributed by atoms with Crippen LogP contribution in [0.15, 0.2) is 52.1 Å². The third kappa shape index (κ3) is 4.16. The topological polar surface area (TPSA) is 100 Å². The maximum atomic E-state index is 12.9. The van der Waals surface area contributed by atoms with E-state index in [1.54, 1.807) is 35.4 Å². The van der Waals surface area contributed by atoms with E-state index < -0.39 is 0 Å². The highest BCUT2D eigenvalue weighted by Crippen LogP contribution is 2.28. The number of pyridine rings is 1. The number of rotatable bonds is 6. The van der Waals surface area contributed by atoms with Gasteiger partial charge in [0.1, 0.15) is 10.8 Å². The summed E-state index contributed by atoms with van der Waals surface area (Å²) in [7, 11) is 0. The third-order valence-corrected chi connectivity index (χ3v) is 5.88. The summed E-state index contributed by atoms with van der Waals surface area (Å²) in [5, 5.41) is 10.3. The molecule has 3 aromatic rings. The van der Waals surface area contributed by atoms with Crippen molar-refractivity contribution < 1.29 is 14.1 Å². The summed E-state index contributed by atoms with van der Waals surface area (Å²) in [6.45, 7) is 5.03. The average Bonchev–Trinajstić information content (AvgIpc) is 3.32. The number of nitrogens with zero attached hydrogens (tertiary/aromatic N) is 3. The van der Waals surface area contributed by atoms with E-state index in [0.717, 1.165) is 22.7 Å². The fourth-order valence-corrected chi connectivity index (χ4v) is 4.31. The van der Waals surface area contributed by atoms with Crippen LogP contribution < -0.4 is 15.5 Å². The Morgan fingerprint density at radius 3 is 2.73 bits per heavy atom. The van der Waals surface area contributed by atoms with Gasteiger partial charge in [0, 0.05) is 42.0 Å². The van der Waals surface area contributed by atoms with E-state index in [2.05, 4.69) is 20.8 Å². The summed E-state index contributed by atoms with van der Waals surface area (Å²) in [6, 6.07) is 10.6. The van der Waals surface area contributed by atoms with Crippen molar-refractivity contribution in [3.05, 3.63) is 65.2 Å². The van der Waals surface area contributed by atoms with Crippen molar-refractivity contribution in [2.75, 3.05) is 23.3 Å². The Balaban J connectivity index is 1.45. The monoisotopic (exact) mass is 423 g/mol. The van der Waals surface area contributed by atoms with Crippen molar-refractivity contribution in [1.29, 1.82) is 0 Å². The lowest BCUT2D eigenvalue weighted by Gasteiger charge is -2.15. The molecule has 1 fully saturated rings. The summed E-state index contributed by atoms with van der Waals surface area (Å²) >= 11 is 1.47. The number of amides is 3. The molecule has 9 heteroatoms. The standard InChI is InChI=1S/C21H21N5O3S/c1-13-18(14(2)29-25-13)12-30-20-17(4-3-9-22-20)19(27)24-15-5-7-16(8-6-15)26-11-10-23-21(26)28/h3-9H,10-12H2,1-2H3,(H,23,28)(H,24,27). The maximum Gasteiger partial charge on any atom is 0.321 e. The minimum absolute atomic E-state index is 0.109. The van der Waals surface area contributed by atoms with E-state index in [-0.39, 0.29) is 11.9 Å². The number of aryl methyl sites for hydroxylation is 2. The van der Waals surface area contributed by atoms with Crippen LogP contribution in [0.2, 0.25) is 0 Å². The van der Waals surface area contributed by atoms with Crippen LogP contribution in [0.1, 0.15) is 27.4 Å². The molecule has 3 heterocycles. The highest BCUT2D eigenvalue weighted by Gasteiger charge is 2.21. The molecule has 4 rings (SSSR count). The lowest BCUT2D eigenvalue weighted by molar-refractivity contribution is 0.102. The highest BCUT2D eigenvalue weighted by atomic mass is 32.2. The summed E-state index contributed by atoms with van der Waals surface area (Å²) in [5.74, 6) is 1.15. The van der Waals surface area contributed by atoms with Gasteiger partial charge in [-0.1, -0.05) is 5.16 Å². The van der Waals surface area contributed by atoms with Crippen LogP contribution >= 0.6 is 11.8 Å². The van der Waals surface area contributed by atoms with E-state index in [9.17, 15) is 9.59 Å². The van der Waals surface area contributed by atoms with Crippen LogP contribution in [0, 0.1) is 13.8 Å². The fourth-order valence-electron chi connectivity index (χ4n) is 3.17. The molecule has 0 bridgehead atoms. The number of hydrogen-bond donors (Lipinski definition) is 2. The Morgan fingerprint density at radius 1 is 1.27 bits per heavy atom. The first-order valence-electron chi connectivity index (χ1n) is 9.49. The molecule has 0 unspecified atom stereocenters. The Labute approximate surface area is 178 Å². The molecule has 2 N–H and O–H groups in total. The number of urea groups is 1. The molecular formula is C21H21N5O3S. The van der Waals surface area contributed by atoms with Crippen LogP contribution in [0.3, 0.4) is 0 Å². The van der Waals surface area contributed by atoms with Gasteiger partial charge >= 0.3 is 6.03 Å². The van der Waals surface area contributed by atoms with E-state index in [1.807, 2.05) is 26.0 Å². The number of carbonyl (C=O) groups is 2. The number of nitrogens with one attached hydrogen (secondary N) is 2. The van der Waals surface area contributed by atoms with Gasteiger partial charge in [-0.25, -0.2) is 9.78 Å². The molecule has 0 aliphatic carbocycles. The first-order chi connectivity index (χ1) is 14.5. The Morgan fingerprint density at radius 2 is 2.07 bits per heavy atom. The van der Waals surface area contributed by atoms with Crippen molar-refractivity contribution in [2.24, 2.45) is 0 Å². The Bertz CT molecular complexity index is 1060. The molecule has 1 aliphatic rings. The zero-order chi connectivity index (χ0) is 21.1. The molecule has 0 radical (unpaired) electrons. The van der Waals surface area contributed by atoms with E-state index in [1.165, 1.54) is 11.8 Å². The van der Waals surface area contributed by atoms with Crippen molar-refractivity contribution in [2.45, 2.75) is 24.6 Å². The zero-order valence-corrected chi connectivity index (χ0v) is 17.5. The van der Waals surface area contributed by atoms with Gasteiger partial charge in [0.2, 0.25) is 0 Å². The maximum absolute atomic E-state index is 12.9. The van der Waals surface area contributed by atoms with Crippen molar-refractivity contribution in [3.8, 4) is 0 Å². The molecule has 0 atom stereocenters. The largest absolute Gasteiger partial charge is 0.361 e. The van der Waals surface area contributed by atoms with Gasteiger partial charge in [-0.2, -0.15) is 0 Å². The van der Waals surface area contributed by atoms with Gasteiger partial charge < -0.3 is 15.2 Å². The normalized spacial score (nSPS) is 13.4. The molecular weight excluding hydrogens is 402 g/mol. The predicted molar refractivity (Wildman–Crippen MR) is 115 cm³/mol. The molecule has 1 saturated heterocycles. The summed E-state index contributed by atoms with van der Waals surface area (Å²) in [4.78, 5) is 30.7. The molecule has 30 heavy (non-hydrogen) atoms. The van der Waals surface area contributed by atoms with Crippen molar-refractivity contribution in [1.82, 2.24) is 15.5 Å². The van der Waals surface area contributed by atoms with Crippen LogP contribution in [0.25, 0.3) is 0 Å². The third-order valence-electron chi connectivity index (χ3n) is 4.84. The SMILES string of the molecule is Cc1noc(C)c1CSc1ncccc1C(=O)Nc1ccc(N2CCNC2=O)cc1. The van der Waals surface area contributed by atoms with E-state index in [4.69, 9.17) is 4.52 Å². The highest BCUT2D eigenvalue weighted by molar-refractivity contribution is 7.98. The first-order valence-corrected chi connectivity index (χ1v) is 10.5. The van der Waals surface area contributed by atoms with E-state index >= 15 is 0 Å². The molecule has 154 valence electrons. The summed E-state index contributed by atoms with van der Waals surface area (Å²) in [6.07, 6.45) is 1.67. The minimum atomic E-state index is -0.240. The van der Waals surface area contributed by atoms with Gasteiger partial charge in [-0.15, -0.1) is 11.8 Å². The molecule has 0 spiro atoms. The number of benzene rings is 1. The van der Waals surface area contributed by atoms with Crippen molar-refractivity contribution >= 4 is 35.1 Å². The molecule has 1 aliphatic heterocycles. The molecule has 3 amide bonds. The quantitative estimate of drug-likeness (QED) is 0.586. The zero-order valence-electron chi connectivity index (χ0n) is 16.6. The lowest BCUT2D eigenvalue weighted by Crippen LogP contribution is -2.27. The smallest absolute Gasteiger partial charge is 0.321 e. The second-order valence-corrected chi connectivity index (χ2v) is 7.80. The number of anilines is 2. The van der Waals surface area contributed by atoms with Gasteiger partial charge in [-0.3, -0.25) is 9.69 Å². The minimum Gasteiger partial charge on any atom is -0.361 e. The van der Waals surface area contributed by atoms with Gasteiger partial charge in [0.15, 0.2) is 0 Å². The Kier molecular flexibility index (Phi) is 5.71. The molecule has 1 aromatic carbocycles. The Hall–Kier alpha value is -3.33. The number of hydrogen-bond acceptors (Lipinski definition) is 6. The van der Waals surface area contributed by atoms with Crippen LogP contribution in [-0.4, -0.2) is 35.2 Å². The van der Waals surface area contributed by atoms with Crippen LogP contribution in [-0.2, 0) is 5.75 Å². The molecule has 0 saturated carbocycles. The summed E-state index contributed by atoms with van der Waals surface area (Å²) in [5.41, 5.74) is 3.79. The second kappa shape index (κ2) is 8.58. The summed E-state index contributed by atoms with van der Waals surface area (Å²) < 4.78 is 5.20. The van der Waals surface area contributed by atoms with Crippen molar-refractivity contribution in [3.63, 3.8) is 0 Å². The van der Waals surface area contributed by atoms with Gasteiger partial charge in [-0.05, 0) is 50.2 Å². The van der Waals surface area contributed by atoms with Gasteiger partial charge in [0.05, 0.1) is 11.3 Å². The number of carbonyl (C=O) groups excluding carboxylic acids is 2. The molecule has 8 nitrogen and oxygen atoms in total.